The summed E-state index contributed by atoms with van der Waals surface area (Å²) in [4.78, 5) is 54.7. The second kappa shape index (κ2) is 8.56. The molecule has 3 heterocycles. The van der Waals surface area contributed by atoms with Crippen LogP contribution >= 0.6 is 11.6 Å². The maximum absolute atomic E-state index is 13.8. The Kier molecular flexibility index (Phi) is 5.31. The molecule has 2 fully saturated rings. The van der Waals surface area contributed by atoms with E-state index in [2.05, 4.69) is 5.32 Å². The van der Waals surface area contributed by atoms with Gasteiger partial charge in [-0.05, 0) is 42.0 Å². The van der Waals surface area contributed by atoms with Crippen LogP contribution in [-0.4, -0.2) is 34.7 Å². The molecule has 0 saturated carbocycles. The van der Waals surface area contributed by atoms with Gasteiger partial charge < -0.3 is 10.2 Å². The van der Waals surface area contributed by atoms with Crippen molar-refractivity contribution >= 4 is 58.1 Å². The molecule has 9 nitrogen and oxygen atoms in total. The van der Waals surface area contributed by atoms with Crippen LogP contribution < -0.4 is 15.1 Å². The van der Waals surface area contributed by atoms with Crippen LogP contribution in [0.3, 0.4) is 0 Å². The maximum atomic E-state index is 13.8. The number of imide groups is 1. The molecule has 3 aliphatic heterocycles. The molecule has 0 bridgehead atoms. The van der Waals surface area contributed by atoms with E-state index in [-0.39, 0.29) is 11.6 Å². The molecule has 3 aromatic rings. The van der Waals surface area contributed by atoms with Crippen molar-refractivity contribution in [2.24, 2.45) is 11.8 Å². The average Bonchev–Trinajstić information content (AvgIpc) is 3.37. The molecule has 10 heteroatoms. The highest BCUT2D eigenvalue weighted by atomic mass is 35.5. The molecular weight excluding hydrogens is 496 g/mol. The van der Waals surface area contributed by atoms with Gasteiger partial charge in [0.1, 0.15) is 6.04 Å². The molecule has 1 N–H and O–H groups in total. The van der Waals surface area contributed by atoms with E-state index in [1.165, 1.54) is 24.3 Å². The van der Waals surface area contributed by atoms with Gasteiger partial charge in [-0.15, -0.1) is 0 Å². The van der Waals surface area contributed by atoms with Crippen molar-refractivity contribution in [1.82, 2.24) is 0 Å². The van der Waals surface area contributed by atoms with Crippen molar-refractivity contribution in [2.75, 3.05) is 15.1 Å². The summed E-state index contributed by atoms with van der Waals surface area (Å²) in [7, 11) is 0. The van der Waals surface area contributed by atoms with Gasteiger partial charge in [0, 0.05) is 28.5 Å². The molecule has 0 spiro atoms. The van der Waals surface area contributed by atoms with Crippen molar-refractivity contribution in [2.45, 2.75) is 12.1 Å². The van der Waals surface area contributed by atoms with Gasteiger partial charge in [0.2, 0.25) is 17.7 Å². The quantitative estimate of drug-likeness (QED) is 0.316. The van der Waals surface area contributed by atoms with E-state index in [9.17, 15) is 24.5 Å². The van der Waals surface area contributed by atoms with Gasteiger partial charge in [-0.2, -0.15) is 0 Å². The Labute approximate surface area is 216 Å². The van der Waals surface area contributed by atoms with Crippen molar-refractivity contribution < 1.29 is 19.3 Å². The first-order valence-corrected chi connectivity index (χ1v) is 12.0. The summed E-state index contributed by atoms with van der Waals surface area (Å²) >= 11 is 6.13. The van der Waals surface area contributed by atoms with Crippen LogP contribution in [0.25, 0.3) is 6.08 Å². The second-order valence-electron chi connectivity index (χ2n) is 9.10. The number of hydrogen-bond acceptors (Lipinski definition) is 6. The van der Waals surface area contributed by atoms with Crippen LogP contribution in [0.15, 0.2) is 78.9 Å². The van der Waals surface area contributed by atoms with E-state index in [0.717, 1.165) is 16.2 Å². The lowest BCUT2D eigenvalue weighted by molar-refractivity contribution is -0.384. The number of rotatable bonds is 4. The minimum absolute atomic E-state index is 0.109. The SMILES string of the molecule is O=C(Nc1ccc([N+](=O)[O-])cc1)[C@@H]1[C@@H]2C(=O)N(c3cccc(Cl)c3)C(=O)[C@H]2[C@H]2C=Cc3ccccc3N21. The minimum atomic E-state index is -0.989. The zero-order valence-electron chi connectivity index (χ0n) is 19.2. The number of benzene rings is 3. The Hall–Kier alpha value is -4.50. The Bertz CT molecular complexity index is 1500. The minimum Gasteiger partial charge on any atom is -0.351 e. The standard InChI is InChI=1S/C27H19ClN4O5/c28-16-5-3-6-19(14-16)30-26(34)22-21-13-8-15-4-1-2-7-20(15)31(21)24(23(22)27(30)35)25(33)29-17-9-11-18(12-10-17)32(36)37/h1-14,21-24H,(H,29,33)/t21-,22+,23-,24+/m1/s1. The van der Waals surface area contributed by atoms with Crippen molar-refractivity contribution in [3.05, 3.63) is 99.6 Å². The summed E-state index contributed by atoms with van der Waals surface area (Å²) in [5.41, 5.74) is 2.22. The normalized spacial score (nSPS) is 23.5. The summed E-state index contributed by atoms with van der Waals surface area (Å²) < 4.78 is 0. The first kappa shape index (κ1) is 22.9. The Balaban J connectivity index is 1.41. The molecule has 0 aromatic heterocycles. The van der Waals surface area contributed by atoms with Crippen LogP contribution in [0.5, 0.6) is 0 Å². The fourth-order valence-electron chi connectivity index (χ4n) is 5.57. The number of halogens is 1. The Morgan fingerprint density at radius 2 is 1.68 bits per heavy atom. The third kappa shape index (κ3) is 3.58. The monoisotopic (exact) mass is 514 g/mol. The molecule has 3 amide bonds. The van der Waals surface area contributed by atoms with Crippen LogP contribution in [0.1, 0.15) is 5.56 Å². The van der Waals surface area contributed by atoms with E-state index in [1.807, 2.05) is 41.3 Å². The van der Waals surface area contributed by atoms with Crippen LogP contribution in [0, 0.1) is 22.0 Å². The molecule has 3 aromatic carbocycles. The van der Waals surface area contributed by atoms with Crippen molar-refractivity contribution in [3.8, 4) is 0 Å². The zero-order valence-corrected chi connectivity index (χ0v) is 19.9. The average molecular weight is 515 g/mol. The number of fused-ring (bicyclic) bond motifs is 5. The third-order valence-corrected chi connectivity index (χ3v) is 7.33. The van der Waals surface area contributed by atoms with Crippen molar-refractivity contribution in [1.29, 1.82) is 0 Å². The van der Waals surface area contributed by atoms with Gasteiger partial charge in [0.05, 0.1) is 28.5 Å². The smallest absolute Gasteiger partial charge is 0.269 e. The molecule has 184 valence electrons. The number of nitro benzene ring substituents is 1. The number of non-ortho nitro benzene ring substituents is 1. The molecule has 6 rings (SSSR count). The highest BCUT2D eigenvalue weighted by molar-refractivity contribution is 6.31. The summed E-state index contributed by atoms with van der Waals surface area (Å²) in [5.74, 6) is -3.05. The molecule has 0 unspecified atom stereocenters. The number of nitro groups is 1. The molecule has 0 aliphatic carbocycles. The topological polar surface area (TPSA) is 113 Å². The fourth-order valence-corrected chi connectivity index (χ4v) is 5.75. The molecule has 3 aliphatic rings. The number of hydrogen-bond donors (Lipinski definition) is 1. The van der Waals surface area contributed by atoms with Gasteiger partial charge in [-0.25, -0.2) is 4.90 Å². The van der Waals surface area contributed by atoms with E-state index in [0.29, 0.717) is 16.4 Å². The lowest BCUT2D eigenvalue weighted by Gasteiger charge is -2.36. The number of carbonyl (C=O) groups is 3. The summed E-state index contributed by atoms with van der Waals surface area (Å²) in [6.07, 6.45) is 3.77. The highest BCUT2D eigenvalue weighted by Crippen LogP contribution is 2.49. The first-order chi connectivity index (χ1) is 17.8. The van der Waals surface area contributed by atoms with Gasteiger partial charge in [0.25, 0.3) is 5.69 Å². The van der Waals surface area contributed by atoms with Crippen LogP contribution in [0.4, 0.5) is 22.7 Å². The Morgan fingerprint density at radius 3 is 2.41 bits per heavy atom. The number of carbonyl (C=O) groups excluding carboxylic acids is 3. The highest BCUT2D eigenvalue weighted by Gasteiger charge is 2.64. The summed E-state index contributed by atoms with van der Waals surface area (Å²) in [5, 5.41) is 14.2. The predicted octanol–water partition coefficient (Wildman–Crippen LogP) is 4.28. The fraction of sp³-hybridized carbons (Fsp3) is 0.148. The maximum Gasteiger partial charge on any atom is 0.269 e. The predicted molar refractivity (Wildman–Crippen MR) is 138 cm³/mol. The number of anilines is 3. The van der Waals surface area contributed by atoms with Gasteiger partial charge >= 0.3 is 0 Å². The molecule has 2 saturated heterocycles. The van der Waals surface area contributed by atoms with E-state index < -0.39 is 40.7 Å². The summed E-state index contributed by atoms with van der Waals surface area (Å²) in [6.45, 7) is 0. The lowest BCUT2D eigenvalue weighted by Crippen LogP contribution is -2.50. The molecule has 4 atom stereocenters. The number of amides is 3. The third-order valence-electron chi connectivity index (χ3n) is 7.10. The number of nitrogens with zero attached hydrogens (tertiary/aromatic N) is 3. The van der Waals surface area contributed by atoms with Gasteiger partial charge in [-0.1, -0.05) is 48.0 Å². The number of para-hydroxylation sites is 1. The van der Waals surface area contributed by atoms with Crippen molar-refractivity contribution in [3.63, 3.8) is 0 Å². The first-order valence-electron chi connectivity index (χ1n) is 11.6. The van der Waals surface area contributed by atoms with E-state index in [4.69, 9.17) is 11.6 Å². The molecule has 37 heavy (non-hydrogen) atoms. The lowest BCUT2D eigenvalue weighted by atomic mass is 9.88. The van der Waals surface area contributed by atoms with Gasteiger partial charge in [-0.3, -0.25) is 24.5 Å². The van der Waals surface area contributed by atoms with E-state index >= 15 is 0 Å². The van der Waals surface area contributed by atoms with E-state index in [1.54, 1.807) is 24.3 Å². The zero-order chi connectivity index (χ0) is 25.8. The number of nitrogens with one attached hydrogen (secondary N) is 1. The Morgan fingerprint density at radius 1 is 0.946 bits per heavy atom. The molecular formula is C27H19ClN4O5. The second-order valence-corrected chi connectivity index (χ2v) is 9.53. The molecule has 0 radical (unpaired) electrons. The van der Waals surface area contributed by atoms with Crippen LogP contribution in [0.2, 0.25) is 5.02 Å². The van der Waals surface area contributed by atoms with Gasteiger partial charge in [0.15, 0.2) is 0 Å². The van der Waals surface area contributed by atoms with Crippen LogP contribution in [-0.2, 0) is 14.4 Å². The summed E-state index contributed by atoms with van der Waals surface area (Å²) in [6, 6.07) is 17.9. The largest absolute Gasteiger partial charge is 0.351 e.